The number of hydrogen-bond acceptors (Lipinski definition) is 16. The molecular weight excluding hydrogens is 782 g/mol. The lowest BCUT2D eigenvalue weighted by Gasteiger charge is -2.48. The Morgan fingerprint density at radius 2 is 1.48 bits per heavy atom. The van der Waals surface area contributed by atoms with Gasteiger partial charge in [0.1, 0.15) is 24.6 Å². The van der Waals surface area contributed by atoms with Gasteiger partial charge in [-0.05, 0) is 59.7 Å². The van der Waals surface area contributed by atoms with Gasteiger partial charge in [-0.3, -0.25) is 24.1 Å². The molecule has 60 heavy (non-hydrogen) atoms. The number of likely N-dealkylation sites (N-methyl/N-ethyl adjacent to an activating group) is 1. The minimum absolute atomic E-state index is 0.0373. The summed E-state index contributed by atoms with van der Waals surface area (Å²) >= 11 is 0. The summed E-state index contributed by atoms with van der Waals surface area (Å²) in [5, 5.41) is 11.8. The highest BCUT2D eigenvalue weighted by molar-refractivity contribution is 5.91. The third kappa shape index (κ3) is 13.7. The molecule has 17 atom stereocenters. The predicted octanol–water partition coefficient (Wildman–Crippen LogP) is 3.98. The number of cyclic esters (lactones) is 1. The summed E-state index contributed by atoms with van der Waals surface area (Å²) < 4.78 is 54.6. The first-order valence-corrected chi connectivity index (χ1v) is 21.1. The van der Waals surface area contributed by atoms with Gasteiger partial charge in [-0.2, -0.15) is 0 Å². The third-order valence-electron chi connectivity index (χ3n) is 12.1. The zero-order chi connectivity index (χ0) is 45.0. The SMILES string of the molecule is CC[C@H]1OC(=O)C[C@@H](O)[C@H](C)[C@@H](O[C@@H]2OC(C)[C@H](OC(C)=O)C(N(C)C)C2OC(C)=O)[C@@H](CC=O)C[C@@H](C)C(=O)/C=C/C(C)=C/[C@@H]1CO[C@@H]1OC(C)[C@H](C)[C@H](OC)C1OC. The van der Waals surface area contributed by atoms with Crippen LogP contribution in [0, 0.1) is 29.6 Å². The number of nitrogens with zero attached hydrogens (tertiary/aromatic N) is 1. The number of aldehydes is 1. The lowest BCUT2D eigenvalue weighted by Crippen LogP contribution is -2.65. The second kappa shape index (κ2) is 23.9. The maximum Gasteiger partial charge on any atom is 0.308 e. The molecule has 0 bridgehead atoms. The van der Waals surface area contributed by atoms with Gasteiger partial charge in [-0.25, -0.2) is 0 Å². The summed E-state index contributed by atoms with van der Waals surface area (Å²) in [6.07, 6.45) is -2.96. The minimum atomic E-state index is -1.35. The molecule has 3 heterocycles. The molecule has 0 aromatic carbocycles. The Hall–Kier alpha value is -3.09. The standard InChI is InChI=1S/C44H71NO15/c1-14-35-32(22-54-43-42(53-13)39(52-12)25(4)27(6)55-43)19-23(2)15-16-33(49)24(3)20-31(17-18-46)38(26(5)34(50)21-36(51)59-35)60-44-41(58-30(9)48)37(45(10)11)40(28(7)56-44)57-29(8)47/h15-16,18-19,24-28,31-32,34-35,37-44,50H,14,17,20-22H2,1-13H3/b16-15+,23-19+/t24-,25+,26+,27?,28?,31+,32-,34-,35-,37?,38-,39+,40+,41?,42?,43-,44+/m1/s1. The fourth-order valence-electron chi connectivity index (χ4n) is 8.61. The van der Waals surface area contributed by atoms with Gasteiger partial charge in [0.2, 0.25) is 0 Å². The lowest BCUT2D eigenvalue weighted by atomic mass is 9.79. The number of aliphatic hydroxyl groups is 1. The van der Waals surface area contributed by atoms with E-state index in [0.29, 0.717) is 6.42 Å². The molecule has 3 aliphatic heterocycles. The predicted molar refractivity (Wildman–Crippen MR) is 218 cm³/mol. The van der Waals surface area contributed by atoms with Crippen molar-refractivity contribution in [3.63, 3.8) is 0 Å². The Labute approximate surface area is 355 Å². The van der Waals surface area contributed by atoms with Crippen molar-refractivity contribution in [3.05, 3.63) is 23.8 Å². The Balaban J connectivity index is 2.03. The van der Waals surface area contributed by atoms with Crippen LogP contribution in [0.4, 0.5) is 0 Å². The quantitative estimate of drug-likeness (QED) is 0.159. The van der Waals surface area contributed by atoms with E-state index in [-0.39, 0.29) is 43.4 Å². The minimum Gasteiger partial charge on any atom is -0.462 e. The molecule has 16 heteroatoms. The van der Waals surface area contributed by atoms with Crippen LogP contribution in [0.5, 0.6) is 0 Å². The van der Waals surface area contributed by atoms with Gasteiger partial charge in [0.05, 0.1) is 49.6 Å². The average molecular weight is 854 g/mol. The number of aliphatic hydroxyl groups excluding tert-OH is 1. The van der Waals surface area contributed by atoms with Crippen LogP contribution < -0.4 is 0 Å². The molecule has 0 aromatic rings. The van der Waals surface area contributed by atoms with Gasteiger partial charge in [0.25, 0.3) is 0 Å². The van der Waals surface area contributed by atoms with E-state index in [0.717, 1.165) is 11.9 Å². The van der Waals surface area contributed by atoms with E-state index in [1.807, 2.05) is 33.8 Å². The van der Waals surface area contributed by atoms with Crippen LogP contribution in [0.2, 0.25) is 0 Å². The van der Waals surface area contributed by atoms with Gasteiger partial charge in [0, 0.05) is 58.2 Å². The summed E-state index contributed by atoms with van der Waals surface area (Å²) in [4.78, 5) is 66.1. The molecule has 3 rings (SSSR count). The van der Waals surface area contributed by atoms with Crippen molar-refractivity contribution < 1.29 is 71.7 Å². The number of ether oxygens (including phenoxy) is 9. The summed E-state index contributed by atoms with van der Waals surface area (Å²) in [5.41, 5.74) is 0.720. The molecule has 0 aliphatic carbocycles. The van der Waals surface area contributed by atoms with E-state index in [4.69, 9.17) is 42.6 Å². The zero-order valence-corrected chi connectivity index (χ0v) is 37.8. The summed E-state index contributed by atoms with van der Waals surface area (Å²) in [6, 6.07) is -0.722. The molecule has 0 spiro atoms. The molecule has 0 aromatic heterocycles. The van der Waals surface area contributed by atoms with Crippen LogP contribution in [0.1, 0.15) is 88.0 Å². The highest BCUT2D eigenvalue weighted by atomic mass is 16.7. The van der Waals surface area contributed by atoms with Gasteiger partial charge < -0.3 is 52.5 Å². The maximum atomic E-state index is 13.8. The van der Waals surface area contributed by atoms with Crippen LogP contribution in [-0.2, 0) is 66.6 Å². The highest BCUT2D eigenvalue weighted by Crippen LogP contribution is 2.36. The first kappa shape index (κ1) is 51.3. The van der Waals surface area contributed by atoms with E-state index < -0.39 is 109 Å². The Kier molecular flexibility index (Phi) is 20.5. The number of esters is 3. The van der Waals surface area contributed by atoms with Gasteiger partial charge in [-0.15, -0.1) is 0 Å². The van der Waals surface area contributed by atoms with Crippen molar-refractivity contribution in [3.8, 4) is 0 Å². The number of hydrogen-bond donors (Lipinski definition) is 1. The molecule has 2 fully saturated rings. The number of rotatable bonds is 13. The monoisotopic (exact) mass is 853 g/mol. The number of allylic oxidation sites excluding steroid dienone is 3. The van der Waals surface area contributed by atoms with E-state index in [9.17, 15) is 29.1 Å². The number of carbonyl (C=O) groups excluding carboxylic acids is 5. The molecule has 0 saturated carbocycles. The molecule has 0 amide bonds. The fourth-order valence-corrected chi connectivity index (χ4v) is 8.61. The van der Waals surface area contributed by atoms with Crippen LogP contribution >= 0.6 is 0 Å². The van der Waals surface area contributed by atoms with Crippen molar-refractivity contribution in [2.24, 2.45) is 29.6 Å². The molecule has 3 aliphatic rings. The number of carbonyl (C=O) groups is 5. The van der Waals surface area contributed by atoms with E-state index in [1.165, 1.54) is 19.9 Å². The van der Waals surface area contributed by atoms with Gasteiger partial charge >= 0.3 is 17.9 Å². The van der Waals surface area contributed by atoms with Crippen molar-refractivity contribution >= 4 is 30.0 Å². The molecule has 2 saturated heterocycles. The zero-order valence-electron chi connectivity index (χ0n) is 37.8. The van der Waals surface area contributed by atoms with Crippen LogP contribution in [-0.4, -0.2) is 148 Å². The Morgan fingerprint density at radius 1 is 0.867 bits per heavy atom. The number of methoxy groups -OCH3 is 2. The molecule has 16 nitrogen and oxygen atoms in total. The van der Waals surface area contributed by atoms with E-state index in [2.05, 4.69) is 0 Å². The number of ketones is 1. The van der Waals surface area contributed by atoms with Crippen molar-refractivity contribution in [1.82, 2.24) is 4.90 Å². The van der Waals surface area contributed by atoms with E-state index in [1.54, 1.807) is 60.1 Å². The second-order valence-electron chi connectivity index (χ2n) is 16.9. The smallest absolute Gasteiger partial charge is 0.308 e. The topological polar surface area (TPSA) is 192 Å². The largest absolute Gasteiger partial charge is 0.462 e. The molecular formula is C44H71NO15. The van der Waals surface area contributed by atoms with Gasteiger partial charge in [0.15, 0.2) is 24.5 Å². The van der Waals surface area contributed by atoms with Crippen molar-refractivity contribution in [2.75, 3.05) is 34.9 Å². The third-order valence-corrected chi connectivity index (χ3v) is 12.1. The molecule has 0 radical (unpaired) electrons. The fraction of sp³-hybridized carbons (Fsp3) is 0.795. The highest BCUT2D eigenvalue weighted by Gasteiger charge is 2.52. The first-order chi connectivity index (χ1) is 28.3. The van der Waals surface area contributed by atoms with Crippen molar-refractivity contribution in [2.45, 2.75) is 162 Å². The summed E-state index contributed by atoms with van der Waals surface area (Å²) in [7, 11) is 6.67. The normalized spacial score (nSPS) is 40.2. The summed E-state index contributed by atoms with van der Waals surface area (Å²) in [6.45, 7) is 15.4. The average Bonchev–Trinajstić information content (AvgIpc) is 3.17. The first-order valence-electron chi connectivity index (χ1n) is 21.1. The van der Waals surface area contributed by atoms with Crippen LogP contribution in [0.15, 0.2) is 23.8 Å². The molecule has 342 valence electrons. The van der Waals surface area contributed by atoms with Gasteiger partial charge in [-0.1, -0.05) is 45.4 Å². The lowest BCUT2D eigenvalue weighted by molar-refractivity contribution is -0.308. The molecule has 5 unspecified atom stereocenters. The Bertz CT molecular complexity index is 1480. The van der Waals surface area contributed by atoms with Crippen molar-refractivity contribution in [1.29, 1.82) is 0 Å². The molecule has 1 N–H and O–H groups in total. The van der Waals surface area contributed by atoms with E-state index >= 15 is 0 Å². The Morgan fingerprint density at radius 3 is 2.05 bits per heavy atom. The summed E-state index contributed by atoms with van der Waals surface area (Å²) in [5.74, 6) is -4.62. The van der Waals surface area contributed by atoms with Crippen LogP contribution in [0.25, 0.3) is 0 Å². The maximum absolute atomic E-state index is 13.8. The second-order valence-corrected chi connectivity index (χ2v) is 16.9. The van der Waals surface area contributed by atoms with Crippen LogP contribution in [0.3, 0.4) is 0 Å².